The maximum absolute atomic E-state index is 13.1. The number of nitrogens with zero attached hydrogens (tertiary/aromatic N) is 1. The summed E-state index contributed by atoms with van der Waals surface area (Å²) in [5.74, 6) is 0.841. The van der Waals surface area contributed by atoms with E-state index in [0.717, 1.165) is 36.8 Å². The minimum absolute atomic E-state index is 0.0137. The molecular formula is C21H25N3O2. The Morgan fingerprint density at radius 3 is 2.81 bits per heavy atom. The molecule has 3 aliphatic rings. The first kappa shape index (κ1) is 15.9. The molecule has 2 N–H and O–H groups in total. The topological polar surface area (TPSA) is 65.2 Å². The van der Waals surface area contributed by atoms with Crippen molar-refractivity contribution in [1.29, 1.82) is 0 Å². The van der Waals surface area contributed by atoms with E-state index in [0.29, 0.717) is 18.0 Å². The van der Waals surface area contributed by atoms with Gasteiger partial charge < -0.3 is 15.2 Å². The van der Waals surface area contributed by atoms with Crippen LogP contribution in [0.5, 0.6) is 0 Å². The lowest BCUT2D eigenvalue weighted by Gasteiger charge is -2.41. The lowest BCUT2D eigenvalue weighted by atomic mass is 9.62. The van der Waals surface area contributed by atoms with Crippen molar-refractivity contribution < 1.29 is 9.59 Å². The third-order valence-electron chi connectivity index (χ3n) is 6.66. The molecule has 1 spiro atoms. The molecule has 2 aromatic rings. The Balaban J connectivity index is 1.34. The van der Waals surface area contributed by atoms with Crippen LogP contribution in [0.15, 0.2) is 30.5 Å². The van der Waals surface area contributed by atoms with E-state index in [1.54, 1.807) is 0 Å². The summed E-state index contributed by atoms with van der Waals surface area (Å²) in [5.41, 5.74) is 1.69. The predicted octanol–water partition coefficient (Wildman–Crippen LogP) is 2.94. The van der Waals surface area contributed by atoms with E-state index in [1.807, 2.05) is 35.4 Å². The van der Waals surface area contributed by atoms with Gasteiger partial charge in [-0.2, -0.15) is 0 Å². The van der Waals surface area contributed by atoms with E-state index in [-0.39, 0.29) is 23.1 Å². The van der Waals surface area contributed by atoms with E-state index >= 15 is 0 Å². The molecule has 2 heterocycles. The fourth-order valence-corrected chi connectivity index (χ4v) is 4.68. The molecule has 0 bridgehead atoms. The molecule has 26 heavy (non-hydrogen) atoms. The van der Waals surface area contributed by atoms with E-state index < -0.39 is 0 Å². The number of nitrogens with one attached hydrogen (secondary N) is 2. The van der Waals surface area contributed by atoms with Crippen LogP contribution in [-0.4, -0.2) is 41.3 Å². The summed E-state index contributed by atoms with van der Waals surface area (Å²) < 4.78 is 0. The zero-order valence-corrected chi connectivity index (χ0v) is 15.0. The smallest absolute Gasteiger partial charge is 0.253 e. The molecule has 2 saturated carbocycles. The fourth-order valence-electron chi connectivity index (χ4n) is 4.68. The molecule has 0 radical (unpaired) electrons. The fraction of sp³-hybridized carbons (Fsp3) is 0.524. The van der Waals surface area contributed by atoms with Crippen molar-refractivity contribution in [1.82, 2.24) is 15.2 Å². The second kappa shape index (κ2) is 5.86. The molecular weight excluding hydrogens is 326 g/mol. The minimum Gasteiger partial charge on any atom is -0.361 e. The van der Waals surface area contributed by atoms with Gasteiger partial charge in [-0.05, 0) is 55.2 Å². The van der Waals surface area contributed by atoms with Crippen molar-refractivity contribution in [2.24, 2.45) is 17.3 Å². The third kappa shape index (κ3) is 2.61. The van der Waals surface area contributed by atoms with Gasteiger partial charge in [-0.25, -0.2) is 0 Å². The molecule has 1 aromatic carbocycles. The Hall–Kier alpha value is -2.30. The van der Waals surface area contributed by atoms with Crippen LogP contribution in [0.3, 0.4) is 0 Å². The summed E-state index contributed by atoms with van der Waals surface area (Å²) in [6.07, 6.45) is 7.66. The Bertz CT molecular complexity index is 863. The van der Waals surface area contributed by atoms with E-state index in [1.165, 1.54) is 19.3 Å². The zero-order valence-electron chi connectivity index (χ0n) is 15.0. The van der Waals surface area contributed by atoms with Gasteiger partial charge in [0, 0.05) is 42.3 Å². The van der Waals surface area contributed by atoms with Gasteiger partial charge in [0.25, 0.3) is 5.91 Å². The highest BCUT2D eigenvalue weighted by molar-refractivity contribution is 5.98. The molecule has 1 saturated heterocycles. The molecule has 3 fully saturated rings. The van der Waals surface area contributed by atoms with Gasteiger partial charge in [0.15, 0.2) is 0 Å². The monoisotopic (exact) mass is 351 g/mol. The summed E-state index contributed by atoms with van der Waals surface area (Å²) in [7, 11) is 0. The van der Waals surface area contributed by atoms with Gasteiger partial charge in [0.05, 0.1) is 5.92 Å². The Morgan fingerprint density at radius 1 is 1.23 bits per heavy atom. The largest absolute Gasteiger partial charge is 0.361 e. The summed E-state index contributed by atoms with van der Waals surface area (Å²) >= 11 is 0. The number of likely N-dealkylation sites (tertiary alicyclic amines) is 1. The lowest BCUT2D eigenvalue weighted by molar-refractivity contribution is -0.129. The van der Waals surface area contributed by atoms with Crippen LogP contribution in [-0.2, 0) is 4.79 Å². The molecule has 5 heteroatoms. The van der Waals surface area contributed by atoms with Crippen LogP contribution in [0.2, 0.25) is 0 Å². The molecule has 2 aliphatic carbocycles. The average molecular weight is 351 g/mol. The van der Waals surface area contributed by atoms with Crippen LogP contribution >= 0.6 is 0 Å². The average Bonchev–Trinajstić information content (AvgIpc) is 3.17. The summed E-state index contributed by atoms with van der Waals surface area (Å²) in [5, 5.41) is 4.26. The molecule has 1 aromatic heterocycles. The minimum atomic E-state index is -0.0480. The number of aromatic nitrogens is 1. The van der Waals surface area contributed by atoms with Crippen LogP contribution in [0.4, 0.5) is 0 Å². The van der Waals surface area contributed by atoms with Crippen molar-refractivity contribution >= 4 is 22.7 Å². The van der Waals surface area contributed by atoms with Gasteiger partial charge in [0.2, 0.25) is 5.91 Å². The molecule has 1 unspecified atom stereocenters. The van der Waals surface area contributed by atoms with Crippen molar-refractivity contribution in [3.8, 4) is 0 Å². The number of benzene rings is 1. The standard InChI is InChI=1S/C21H25N3O2/c25-19(23-11-14-2-3-14)17-12-24(13-21(17)7-1-8-21)20(26)16-5-4-15-6-9-22-18(15)10-16/h4-6,9-10,14,17,22H,1-3,7-8,11-13H2,(H,23,25). The number of H-pyrrole nitrogens is 1. The normalized spacial score (nSPS) is 24.0. The molecule has 1 atom stereocenters. The second-order valence-electron chi connectivity index (χ2n) is 8.42. The van der Waals surface area contributed by atoms with Crippen LogP contribution in [0.1, 0.15) is 42.5 Å². The number of rotatable bonds is 4. The maximum Gasteiger partial charge on any atom is 0.253 e. The number of hydrogen-bond acceptors (Lipinski definition) is 2. The van der Waals surface area contributed by atoms with Gasteiger partial charge in [-0.3, -0.25) is 9.59 Å². The zero-order chi connectivity index (χ0) is 17.7. The molecule has 5 nitrogen and oxygen atoms in total. The highest BCUT2D eigenvalue weighted by atomic mass is 16.2. The van der Waals surface area contributed by atoms with Gasteiger partial charge in [-0.1, -0.05) is 12.5 Å². The third-order valence-corrected chi connectivity index (χ3v) is 6.66. The van der Waals surface area contributed by atoms with Gasteiger partial charge in [-0.15, -0.1) is 0 Å². The van der Waals surface area contributed by atoms with Crippen molar-refractivity contribution in [2.75, 3.05) is 19.6 Å². The van der Waals surface area contributed by atoms with Crippen molar-refractivity contribution in [3.63, 3.8) is 0 Å². The number of fused-ring (bicyclic) bond motifs is 1. The molecule has 2 amide bonds. The lowest BCUT2D eigenvalue weighted by Crippen LogP contribution is -2.45. The highest BCUT2D eigenvalue weighted by Gasteiger charge is 2.54. The predicted molar refractivity (Wildman–Crippen MR) is 99.7 cm³/mol. The number of carbonyl (C=O) groups excluding carboxylic acids is 2. The van der Waals surface area contributed by atoms with Gasteiger partial charge in [0.1, 0.15) is 0 Å². The van der Waals surface area contributed by atoms with Gasteiger partial charge >= 0.3 is 0 Å². The van der Waals surface area contributed by atoms with Crippen LogP contribution in [0, 0.1) is 17.3 Å². The van der Waals surface area contributed by atoms with E-state index in [2.05, 4.69) is 10.3 Å². The SMILES string of the molecule is O=C(NCC1CC1)C1CN(C(=O)c2ccc3cc[nH]c3c2)CC12CCC2. The summed E-state index contributed by atoms with van der Waals surface area (Å²) in [6, 6.07) is 7.80. The second-order valence-corrected chi connectivity index (χ2v) is 8.42. The Kier molecular flexibility index (Phi) is 3.59. The quantitative estimate of drug-likeness (QED) is 0.889. The Labute approximate surface area is 153 Å². The van der Waals surface area contributed by atoms with Crippen LogP contribution in [0.25, 0.3) is 10.9 Å². The number of aromatic amines is 1. The first-order valence-corrected chi connectivity index (χ1v) is 9.79. The molecule has 5 rings (SSSR count). The maximum atomic E-state index is 13.1. The van der Waals surface area contributed by atoms with E-state index in [4.69, 9.17) is 0 Å². The number of carbonyl (C=O) groups is 2. The van der Waals surface area contributed by atoms with Crippen LogP contribution < -0.4 is 5.32 Å². The Morgan fingerprint density at radius 2 is 2.08 bits per heavy atom. The molecule has 136 valence electrons. The number of hydrogen-bond donors (Lipinski definition) is 2. The summed E-state index contributed by atoms with van der Waals surface area (Å²) in [6.45, 7) is 2.08. The molecule has 1 aliphatic heterocycles. The van der Waals surface area contributed by atoms with E-state index in [9.17, 15) is 9.59 Å². The first-order chi connectivity index (χ1) is 12.6. The summed E-state index contributed by atoms with van der Waals surface area (Å²) in [4.78, 5) is 30.9. The van der Waals surface area contributed by atoms with Crippen molar-refractivity contribution in [2.45, 2.75) is 32.1 Å². The number of amides is 2. The highest BCUT2D eigenvalue weighted by Crippen LogP contribution is 2.52. The van der Waals surface area contributed by atoms with Crippen molar-refractivity contribution in [3.05, 3.63) is 36.0 Å². The first-order valence-electron chi connectivity index (χ1n) is 9.79.